The van der Waals surface area contributed by atoms with Crippen molar-refractivity contribution in [2.24, 2.45) is 10.9 Å². The first-order valence-corrected chi connectivity index (χ1v) is 12.8. The van der Waals surface area contributed by atoms with Crippen LogP contribution in [0, 0.1) is 16.0 Å². The van der Waals surface area contributed by atoms with Gasteiger partial charge in [0.15, 0.2) is 0 Å². The standard InChI is InChI=1S/C29H33N3O6/c1-19-25(28(33)37-3)27(23-10-7-11-24(18-23)32(35)36)26(20(2)30-19)29(34)38-17-16-31-14-12-22(13-15-31)21-8-5-4-6-9-21/h4-11,18,22,25,27H,12-17H2,1-3H3. The van der Waals surface area contributed by atoms with E-state index in [9.17, 15) is 19.7 Å². The van der Waals surface area contributed by atoms with Gasteiger partial charge in [0.2, 0.25) is 0 Å². The zero-order valence-corrected chi connectivity index (χ0v) is 22.0. The Morgan fingerprint density at radius 3 is 2.39 bits per heavy atom. The third kappa shape index (κ3) is 5.99. The predicted octanol–water partition coefficient (Wildman–Crippen LogP) is 4.64. The van der Waals surface area contributed by atoms with Crippen LogP contribution < -0.4 is 0 Å². The first-order valence-electron chi connectivity index (χ1n) is 12.8. The Kier molecular flexibility index (Phi) is 8.68. The van der Waals surface area contributed by atoms with E-state index in [4.69, 9.17) is 9.47 Å². The molecule has 0 radical (unpaired) electrons. The third-order valence-corrected chi connectivity index (χ3v) is 7.44. The van der Waals surface area contributed by atoms with Crippen LogP contribution >= 0.6 is 0 Å². The van der Waals surface area contributed by atoms with Gasteiger partial charge in [-0.1, -0.05) is 42.5 Å². The smallest absolute Gasteiger partial charge is 0.336 e. The van der Waals surface area contributed by atoms with Crippen molar-refractivity contribution in [2.45, 2.75) is 38.5 Å². The molecule has 2 aromatic carbocycles. The van der Waals surface area contributed by atoms with Crippen molar-refractivity contribution in [3.63, 3.8) is 0 Å². The highest BCUT2D eigenvalue weighted by atomic mass is 16.6. The number of esters is 2. The molecule has 0 bridgehead atoms. The molecule has 0 aromatic heterocycles. The van der Waals surface area contributed by atoms with Crippen LogP contribution in [0.4, 0.5) is 5.69 Å². The fourth-order valence-electron chi connectivity index (χ4n) is 5.49. The Morgan fingerprint density at radius 1 is 1.05 bits per heavy atom. The van der Waals surface area contributed by atoms with Gasteiger partial charge in [0.1, 0.15) is 12.5 Å². The van der Waals surface area contributed by atoms with E-state index >= 15 is 0 Å². The van der Waals surface area contributed by atoms with Crippen molar-refractivity contribution < 1.29 is 24.0 Å². The number of aliphatic imine (C=N–C) groups is 1. The van der Waals surface area contributed by atoms with Gasteiger partial charge in [-0.25, -0.2) is 4.79 Å². The first kappa shape index (κ1) is 27.2. The first-order chi connectivity index (χ1) is 18.3. The van der Waals surface area contributed by atoms with E-state index < -0.39 is 28.7 Å². The van der Waals surface area contributed by atoms with Gasteiger partial charge in [0, 0.05) is 36.0 Å². The molecule has 9 nitrogen and oxygen atoms in total. The number of hydrogen-bond donors (Lipinski definition) is 0. The zero-order valence-electron chi connectivity index (χ0n) is 22.0. The molecule has 2 aromatic rings. The maximum Gasteiger partial charge on any atom is 0.336 e. The van der Waals surface area contributed by atoms with E-state index in [1.165, 1.54) is 24.8 Å². The second kappa shape index (κ2) is 12.1. The highest BCUT2D eigenvalue weighted by Gasteiger charge is 2.42. The molecular weight excluding hydrogens is 486 g/mol. The summed E-state index contributed by atoms with van der Waals surface area (Å²) in [4.78, 5) is 43.8. The van der Waals surface area contributed by atoms with Crippen LogP contribution in [0.15, 0.2) is 70.9 Å². The molecule has 2 atom stereocenters. The van der Waals surface area contributed by atoms with Gasteiger partial charge in [0.25, 0.3) is 5.69 Å². The van der Waals surface area contributed by atoms with Gasteiger partial charge in [-0.15, -0.1) is 0 Å². The molecule has 2 heterocycles. The minimum Gasteiger partial charge on any atom is -0.468 e. The van der Waals surface area contributed by atoms with Crippen LogP contribution in [0.1, 0.15) is 49.7 Å². The Balaban J connectivity index is 1.47. The van der Waals surface area contributed by atoms with Crippen LogP contribution in [-0.4, -0.2) is 60.8 Å². The molecule has 2 aliphatic rings. The number of piperidine rings is 1. The lowest BCUT2D eigenvalue weighted by atomic mass is 9.75. The summed E-state index contributed by atoms with van der Waals surface area (Å²) < 4.78 is 10.7. The number of nitro benzene ring substituents is 1. The van der Waals surface area contributed by atoms with Crippen molar-refractivity contribution in [3.05, 3.63) is 87.1 Å². The molecule has 4 rings (SSSR count). The van der Waals surface area contributed by atoms with Crippen molar-refractivity contribution in [1.82, 2.24) is 4.90 Å². The number of ether oxygens (including phenoxy) is 2. The highest BCUT2D eigenvalue weighted by molar-refractivity contribution is 6.07. The summed E-state index contributed by atoms with van der Waals surface area (Å²) in [6, 6.07) is 16.5. The average Bonchev–Trinajstić information content (AvgIpc) is 2.93. The second-order valence-electron chi connectivity index (χ2n) is 9.75. The van der Waals surface area contributed by atoms with Crippen LogP contribution in [-0.2, 0) is 19.1 Å². The summed E-state index contributed by atoms with van der Waals surface area (Å²) in [7, 11) is 1.27. The zero-order chi connectivity index (χ0) is 27.2. The number of nitrogens with zero attached hydrogens (tertiary/aromatic N) is 3. The number of nitro groups is 1. The largest absolute Gasteiger partial charge is 0.468 e. The Labute approximate surface area is 222 Å². The van der Waals surface area contributed by atoms with Gasteiger partial charge in [-0.05, 0) is 56.8 Å². The summed E-state index contributed by atoms with van der Waals surface area (Å²) in [5.74, 6) is -2.32. The molecule has 2 unspecified atom stereocenters. The number of rotatable bonds is 8. The van der Waals surface area contributed by atoms with Crippen molar-refractivity contribution in [3.8, 4) is 0 Å². The van der Waals surface area contributed by atoms with Gasteiger partial charge in [-0.2, -0.15) is 0 Å². The van der Waals surface area contributed by atoms with Crippen molar-refractivity contribution >= 4 is 23.3 Å². The minimum atomic E-state index is -0.898. The van der Waals surface area contributed by atoms with Gasteiger partial charge >= 0.3 is 11.9 Å². The minimum absolute atomic E-state index is 0.129. The van der Waals surface area contributed by atoms with Gasteiger partial charge in [0.05, 0.1) is 17.6 Å². The Bertz CT molecular complexity index is 1250. The molecule has 0 spiro atoms. The second-order valence-corrected chi connectivity index (χ2v) is 9.75. The highest BCUT2D eigenvalue weighted by Crippen LogP contribution is 2.41. The number of carbonyl (C=O) groups is 2. The molecule has 2 aliphatic heterocycles. The summed E-state index contributed by atoms with van der Waals surface area (Å²) in [6.45, 7) is 6.01. The number of carbonyl (C=O) groups excluding carboxylic acids is 2. The van der Waals surface area contributed by atoms with Crippen LogP contribution in [0.2, 0.25) is 0 Å². The lowest BCUT2D eigenvalue weighted by Crippen LogP contribution is -2.37. The van der Waals surface area contributed by atoms with Crippen molar-refractivity contribution in [2.75, 3.05) is 33.4 Å². The van der Waals surface area contributed by atoms with E-state index in [1.54, 1.807) is 26.0 Å². The molecule has 0 saturated carbocycles. The Morgan fingerprint density at radius 2 is 1.74 bits per heavy atom. The van der Waals surface area contributed by atoms with E-state index in [-0.39, 0.29) is 17.9 Å². The summed E-state index contributed by atoms with van der Waals surface area (Å²) >= 11 is 0. The monoisotopic (exact) mass is 519 g/mol. The normalized spacial score (nSPS) is 20.6. The van der Waals surface area contributed by atoms with Gasteiger partial charge in [-0.3, -0.25) is 24.8 Å². The molecular formula is C29H33N3O6. The number of allylic oxidation sites excluding steroid dienone is 1. The summed E-state index contributed by atoms with van der Waals surface area (Å²) in [5.41, 5.74) is 2.81. The summed E-state index contributed by atoms with van der Waals surface area (Å²) in [5, 5.41) is 11.4. The molecule has 200 valence electrons. The molecule has 0 aliphatic carbocycles. The van der Waals surface area contributed by atoms with E-state index in [1.807, 2.05) is 6.07 Å². The Hall–Kier alpha value is -3.85. The quantitative estimate of drug-likeness (QED) is 0.284. The molecule has 9 heteroatoms. The number of benzene rings is 2. The maximum atomic E-state index is 13.4. The summed E-state index contributed by atoms with van der Waals surface area (Å²) in [6.07, 6.45) is 2.10. The number of likely N-dealkylation sites (tertiary alicyclic amines) is 1. The fraction of sp³-hybridized carbons (Fsp3) is 0.414. The number of hydrogen-bond acceptors (Lipinski definition) is 8. The van der Waals surface area contributed by atoms with E-state index in [0.717, 1.165) is 25.9 Å². The lowest BCUT2D eigenvalue weighted by molar-refractivity contribution is -0.384. The third-order valence-electron chi connectivity index (χ3n) is 7.44. The van der Waals surface area contributed by atoms with E-state index in [2.05, 4.69) is 34.2 Å². The molecule has 0 amide bonds. The lowest BCUT2D eigenvalue weighted by Gasteiger charge is -2.33. The van der Waals surface area contributed by atoms with Crippen LogP contribution in [0.3, 0.4) is 0 Å². The van der Waals surface area contributed by atoms with Crippen LogP contribution in [0.5, 0.6) is 0 Å². The molecule has 0 N–H and O–H groups in total. The van der Waals surface area contributed by atoms with E-state index in [0.29, 0.717) is 29.4 Å². The topological polar surface area (TPSA) is 111 Å². The van der Waals surface area contributed by atoms with Crippen LogP contribution in [0.25, 0.3) is 0 Å². The molecule has 1 fully saturated rings. The SMILES string of the molecule is COC(=O)C1C(C)=NC(C)=C(C(=O)OCCN2CCC(c3ccccc3)CC2)C1c1cccc([N+](=O)[O-])c1. The molecule has 38 heavy (non-hydrogen) atoms. The maximum absolute atomic E-state index is 13.4. The predicted molar refractivity (Wildman–Crippen MR) is 143 cm³/mol. The number of non-ortho nitro benzene ring substituents is 1. The van der Waals surface area contributed by atoms with Gasteiger partial charge < -0.3 is 9.47 Å². The van der Waals surface area contributed by atoms with Crippen molar-refractivity contribution in [1.29, 1.82) is 0 Å². The fourth-order valence-corrected chi connectivity index (χ4v) is 5.49. The molecule has 1 saturated heterocycles. The number of methoxy groups -OCH3 is 1. The average molecular weight is 520 g/mol.